The Morgan fingerprint density at radius 2 is 1.94 bits per heavy atom. The number of likely N-dealkylation sites (tertiary alicyclic amines) is 1. The maximum Gasteiger partial charge on any atom is 0.395 e. The van der Waals surface area contributed by atoms with Gasteiger partial charge in [-0.3, -0.25) is 9.48 Å². The minimum atomic E-state index is -4.14. The lowest BCUT2D eigenvalue weighted by Crippen LogP contribution is -2.44. The molecule has 5 rings (SSSR count). The zero-order valence-corrected chi connectivity index (χ0v) is 18.3. The molecule has 3 aromatic rings. The molecule has 0 radical (unpaired) electrons. The number of pyridine rings is 1. The molecule has 1 N–H and O–H groups in total. The molecule has 174 valence electrons. The van der Waals surface area contributed by atoms with E-state index in [0.717, 1.165) is 22.0 Å². The summed E-state index contributed by atoms with van der Waals surface area (Å²) in [5, 5.41) is 12.8. The smallest absolute Gasteiger partial charge is 0.310 e. The molecule has 2 fully saturated rings. The normalized spacial score (nSPS) is 19.0. The Labute approximate surface area is 189 Å². The van der Waals surface area contributed by atoms with E-state index in [-0.39, 0.29) is 31.2 Å². The minimum Gasteiger partial charge on any atom is -0.310 e. The molecule has 0 atom stereocenters. The number of halogens is 3. The van der Waals surface area contributed by atoms with Gasteiger partial charge in [0.15, 0.2) is 0 Å². The van der Waals surface area contributed by atoms with Crippen molar-refractivity contribution in [1.29, 1.82) is 0 Å². The van der Waals surface area contributed by atoms with Gasteiger partial charge in [0, 0.05) is 36.7 Å². The molecule has 0 unspecified atom stereocenters. The molecule has 33 heavy (non-hydrogen) atoms. The number of benzene rings is 1. The highest BCUT2D eigenvalue weighted by Gasteiger charge is 2.63. The van der Waals surface area contributed by atoms with Crippen LogP contribution in [-0.4, -0.2) is 56.6 Å². The van der Waals surface area contributed by atoms with Crippen LogP contribution in [0, 0.1) is 11.3 Å². The third-order valence-electron chi connectivity index (χ3n) is 6.81. The van der Waals surface area contributed by atoms with Crippen molar-refractivity contribution in [3.63, 3.8) is 0 Å². The van der Waals surface area contributed by atoms with Crippen LogP contribution in [0.3, 0.4) is 0 Å². The van der Waals surface area contributed by atoms with Crippen LogP contribution in [0.2, 0.25) is 0 Å². The van der Waals surface area contributed by atoms with Gasteiger partial charge in [0.2, 0.25) is 5.91 Å². The van der Waals surface area contributed by atoms with E-state index in [2.05, 4.69) is 20.6 Å². The molecule has 2 aromatic heterocycles. The third kappa shape index (κ3) is 4.44. The van der Waals surface area contributed by atoms with E-state index in [1.807, 2.05) is 35.4 Å². The van der Waals surface area contributed by atoms with Crippen LogP contribution in [0.15, 0.2) is 36.7 Å². The van der Waals surface area contributed by atoms with E-state index in [4.69, 9.17) is 0 Å². The number of nitrogens with one attached hydrogen (secondary N) is 1. The van der Waals surface area contributed by atoms with Gasteiger partial charge in [-0.2, -0.15) is 13.2 Å². The summed E-state index contributed by atoms with van der Waals surface area (Å²) >= 11 is 0. The first kappa shape index (κ1) is 21.8. The molecular weight excluding hydrogens is 433 g/mol. The van der Waals surface area contributed by atoms with E-state index in [1.54, 1.807) is 17.9 Å². The van der Waals surface area contributed by atoms with Gasteiger partial charge in [-0.15, -0.1) is 5.10 Å². The highest BCUT2D eigenvalue weighted by atomic mass is 19.4. The van der Waals surface area contributed by atoms with Crippen LogP contribution in [0.25, 0.3) is 22.0 Å². The number of nitrogens with zero attached hydrogens (tertiary/aromatic N) is 5. The largest absolute Gasteiger partial charge is 0.395 e. The molecular formula is C23H25F3N6O. The Morgan fingerprint density at radius 1 is 1.18 bits per heavy atom. The summed E-state index contributed by atoms with van der Waals surface area (Å²) in [4.78, 5) is 19.0. The zero-order chi connectivity index (χ0) is 23.2. The molecule has 1 aromatic carbocycles. The van der Waals surface area contributed by atoms with Crippen LogP contribution in [0.1, 0.15) is 25.7 Å². The number of fused-ring (bicyclic) bond motifs is 1. The van der Waals surface area contributed by atoms with E-state index in [9.17, 15) is 18.0 Å². The van der Waals surface area contributed by atoms with Gasteiger partial charge in [-0.25, -0.2) is 4.98 Å². The third-order valence-corrected chi connectivity index (χ3v) is 6.81. The second-order valence-corrected chi connectivity index (χ2v) is 9.23. The van der Waals surface area contributed by atoms with E-state index < -0.39 is 11.6 Å². The number of amides is 1. The van der Waals surface area contributed by atoms with E-state index in [0.29, 0.717) is 31.7 Å². The Kier molecular flexibility index (Phi) is 5.35. The number of aromatic nitrogens is 4. The maximum absolute atomic E-state index is 13.2. The lowest BCUT2D eigenvalue weighted by molar-refractivity contribution is -0.192. The number of aryl methyl sites for hydroxylation is 1. The van der Waals surface area contributed by atoms with Gasteiger partial charge in [0.05, 0.1) is 11.6 Å². The van der Waals surface area contributed by atoms with Gasteiger partial charge in [0.1, 0.15) is 11.5 Å². The van der Waals surface area contributed by atoms with Crippen molar-refractivity contribution in [2.45, 2.75) is 31.9 Å². The van der Waals surface area contributed by atoms with Gasteiger partial charge >= 0.3 is 6.18 Å². The number of anilines is 1. The average Bonchev–Trinajstić information content (AvgIpc) is 3.45. The van der Waals surface area contributed by atoms with E-state index in [1.165, 1.54) is 0 Å². The van der Waals surface area contributed by atoms with Crippen molar-refractivity contribution < 1.29 is 18.0 Å². The highest BCUT2D eigenvalue weighted by Crippen LogP contribution is 2.58. The van der Waals surface area contributed by atoms with Crippen molar-refractivity contribution in [2.24, 2.45) is 18.4 Å². The quantitative estimate of drug-likeness (QED) is 0.625. The summed E-state index contributed by atoms with van der Waals surface area (Å²) in [7, 11) is 1.81. The van der Waals surface area contributed by atoms with Crippen molar-refractivity contribution in [3.05, 3.63) is 36.7 Å². The average molecular weight is 458 g/mol. The number of carbonyl (C=O) groups is 1. The fourth-order valence-electron chi connectivity index (χ4n) is 4.54. The molecule has 1 aliphatic heterocycles. The molecule has 1 amide bonds. The van der Waals surface area contributed by atoms with Crippen molar-refractivity contribution in [2.75, 3.05) is 25.0 Å². The van der Waals surface area contributed by atoms with Crippen LogP contribution in [0.4, 0.5) is 19.0 Å². The molecule has 7 nitrogen and oxygen atoms in total. The van der Waals surface area contributed by atoms with Crippen molar-refractivity contribution in [1.82, 2.24) is 24.9 Å². The molecule has 2 aliphatic rings. The number of rotatable bonds is 5. The van der Waals surface area contributed by atoms with E-state index >= 15 is 0 Å². The predicted octanol–water partition coefficient (Wildman–Crippen LogP) is 4.02. The minimum absolute atomic E-state index is 0.0468. The van der Waals surface area contributed by atoms with Crippen LogP contribution in [-0.2, 0) is 11.8 Å². The number of carbonyl (C=O) groups excluding carboxylic acids is 1. The Morgan fingerprint density at radius 3 is 2.58 bits per heavy atom. The Bertz CT molecular complexity index is 1180. The maximum atomic E-state index is 13.2. The summed E-state index contributed by atoms with van der Waals surface area (Å²) in [6, 6.07) is 7.69. The zero-order valence-electron chi connectivity index (χ0n) is 18.3. The first-order valence-corrected chi connectivity index (χ1v) is 11.1. The molecule has 1 saturated heterocycles. The Balaban J connectivity index is 1.21. The number of alkyl halides is 3. The summed E-state index contributed by atoms with van der Waals surface area (Å²) < 4.78 is 41.3. The molecule has 10 heteroatoms. The summed E-state index contributed by atoms with van der Waals surface area (Å²) in [5.41, 5.74) is 0.146. The standard InChI is InChI=1S/C23H25F3N6O/c1-31-13-19(29-30-31)16-2-3-17-12-27-20(11-18(17)10-16)28-21(33)15-4-8-32(9-5-15)14-22(6-7-22)23(24,25)26/h2-3,10-13,15H,4-9,14H2,1H3,(H,27,28,33). The number of piperidine rings is 1. The summed E-state index contributed by atoms with van der Waals surface area (Å²) in [6.07, 6.45) is 0.911. The van der Waals surface area contributed by atoms with Gasteiger partial charge in [-0.05, 0) is 56.3 Å². The SMILES string of the molecule is Cn1cc(-c2ccc3cnc(NC(=O)C4CCN(CC5(C(F)(F)F)CC5)CC4)cc3c2)nn1. The fraction of sp³-hybridized carbons (Fsp3) is 0.478. The monoisotopic (exact) mass is 458 g/mol. The van der Waals surface area contributed by atoms with Gasteiger partial charge < -0.3 is 10.2 Å². The van der Waals surface area contributed by atoms with Gasteiger partial charge in [-0.1, -0.05) is 17.3 Å². The molecule has 0 bridgehead atoms. The second-order valence-electron chi connectivity index (χ2n) is 9.23. The van der Waals surface area contributed by atoms with Crippen LogP contribution < -0.4 is 5.32 Å². The number of hydrogen-bond donors (Lipinski definition) is 1. The van der Waals surface area contributed by atoms with Crippen LogP contribution >= 0.6 is 0 Å². The Hall–Kier alpha value is -3.01. The summed E-state index contributed by atoms with van der Waals surface area (Å²) in [6.45, 7) is 1.05. The lowest BCUT2D eigenvalue weighted by Gasteiger charge is -2.34. The summed E-state index contributed by atoms with van der Waals surface area (Å²) in [5.74, 6) is 0.0921. The first-order valence-electron chi connectivity index (χ1n) is 11.1. The van der Waals surface area contributed by atoms with Crippen LogP contribution in [0.5, 0.6) is 0 Å². The first-order chi connectivity index (χ1) is 15.7. The predicted molar refractivity (Wildman–Crippen MR) is 117 cm³/mol. The molecule has 0 spiro atoms. The fourth-order valence-corrected chi connectivity index (χ4v) is 4.54. The molecule has 3 heterocycles. The molecule has 1 aliphatic carbocycles. The van der Waals surface area contributed by atoms with Gasteiger partial charge in [0.25, 0.3) is 0 Å². The highest BCUT2D eigenvalue weighted by molar-refractivity contribution is 5.95. The molecule has 1 saturated carbocycles. The van der Waals surface area contributed by atoms with Crippen molar-refractivity contribution >= 4 is 22.5 Å². The number of hydrogen-bond acceptors (Lipinski definition) is 5. The topological polar surface area (TPSA) is 75.9 Å². The second kappa shape index (κ2) is 8.09. The lowest BCUT2D eigenvalue weighted by atomic mass is 9.94. The van der Waals surface area contributed by atoms with Crippen molar-refractivity contribution in [3.8, 4) is 11.3 Å².